The highest BCUT2D eigenvalue weighted by atomic mass is 16.4. The highest BCUT2D eigenvalue weighted by Crippen LogP contribution is 2.29. The van der Waals surface area contributed by atoms with Gasteiger partial charge in [-0.1, -0.05) is 13.8 Å². The second-order valence-corrected chi connectivity index (χ2v) is 6.23. The number of hydrogen-bond donors (Lipinski definition) is 2. The topological polar surface area (TPSA) is 52.6 Å². The van der Waals surface area contributed by atoms with E-state index in [1.807, 2.05) is 13.8 Å². The highest BCUT2D eigenvalue weighted by Gasteiger charge is 2.37. The third-order valence-electron chi connectivity index (χ3n) is 5.36. The van der Waals surface area contributed by atoms with Gasteiger partial charge in [0.05, 0.1) is 5.41 Å². The van der Waals surface area contributed by atoms with Gasteiger partial charge in [-0.2, -0.15) is 0 Å². The molecule has 2 aliphatic rings. The lowest BCUT2D eigenvalue weighted by Gasteiger charge is -2.37. The van der Waals surface area contributed by atoms with E-state index in [9.17, 15) is 9.90 Å². The number of hydrogen-bond acceptors (Lipinski definition) is 3. The summed E-state index contributed by atoms with van der Waals surface area (Å²) in [6, 6.07) is 1.25. The zero-order chi connectivity index (χ0) is 13.9. The van der Waals surface area contributed by atoms with Crippen LogP contribution in [0.4, 0.5) is 0 Å². The van der Waals surface area contributed by atoms with Gasteiger partial charge in [0.15, 0.2) is 0 Å². The summed E-state index contributed by atoms with van der Waals surface area (Å²) in [7, 11) is 0. The predicted molar refractivity (Wildman–Crippen MR) is 76.3 cm³/mol. The van der Waals surface area contributed by atoms with Crippen LogP contribution in [0.1, 0.15) is 52.4 Å². The fraction of sp³-hybridized carbons (Fsp3) is 0.933. The lowest BCUT2D eigenvalue weighted by atomic mass is 9.82. The fourth-order valence-corrected chi connectivity index (χ4v) is 3.63. The highest BCUT2D eigenvalue weighted by molar-refractivity contribution is 5.74. The molecule has 0 amide bonds. The van der Waals surface area contributed by atoms with Gasteiger partial charge < -0.3 is 15.3 Å². The summed E-state index contributed by atoms with van der Waals surface area (Å²) < 4.78 is 0. The van der Waals surface area contributed by atoms with Crippen LogP contribution in [-0.2, 0) is 4.79 Å². The Morgan fingerprint density at radius 1 is 1.32 bits per heavy atom. The van der Waals surface area contributed by atoms with E-state index in [4.69, 9.17) is 0 Å². The van der Waals surface area contributed by atoms with Crippen LogP contribution in [0.3, 0.4) is 0 Å². The van der Waals surface area contributed by atoms with Crippen molar-refractivity contribution in [3.8, 4) is 0 Å². The van der Waals surface area contributed by atoms with Crippen molar-refractivity contribution in [3.05, 3.63) is 0 Å². The maximum atomic E-state index is 11.5. The van der Waals surface area contributed by atoms with Gasteiger partial charge in [-0.25, -0.2) is 0 Å². The molecule has 0 saturated carbocycles. The zero-order valence-electron chi connectivity index (χ0n) is 12.3. The number of carboxylic acids is 1. The Hall–Kier alpha value is -0.610. The molecular formula is C15H28N2O2. The van der Waals surface area contributed by atoms with E-state index in [-0.39, 0.29) is 0 Å². The Morgan fingerprint density at radius 3 is 2.68 bits per heavy atom. The van der Waals surface area contributed by atoms with Gasteiger partial charge in [0, 0.05) is 18.6 Å². The van der Waals surface area contributed by atoms with E-state index in [0.29, 0.717) is 25.4 Å². The van der Waals surface area contributed by atoms with Gasteiger partial charge in [0.1, 0.15) is 0 Å². The molecule has 110 valence electrons. The van der Waals surface area contributed by atoms with Crippen LogP contribution < -0.4 is 5.32 Å². The summed E-state index contributed by atoms with van der Waals surface area (Å²) in [6.07, 6.45) is 6.43. The molecule has 2 N–H and O–H groups in total. The molecule has 4 nitrogen and oxygen atoms in total. The first-order chi connectivity index (χ1) is 9.11. The van der Waals surface area contributed by atoms with Crippen molar-refractivity contribution in [2.75, 3.05) is 19.6 Å². The van der Waals surface area contributed by atoms with Crippen LogP contribution in [0.25, 0.3) is 0 Å². The molecule has 2 atom stereocenters. The Bertz CT molecular complexity index is 315. The first-order valence-corrected chi connectivity index (χ1v) is 7.82. The van der Waals surface area contributed by atoms with Gasteiger partial charge in [-0.05, 0) is 51.6 Å². The van der Waals surface area contributed by atoms with Crippen LogP contribution in [0.5, 0.6) is 0 Å². The normalized spacial score (nSPS) is 28.3. The van der Waals surface area contributed by atoms with E-state index < -0.39 is 11.4 Å². The fourth-order valence-electron chi connectivity index (χ4n) is 3.63. The Morgan fingerprint density at radius 2 is 2.05 bits per heavy atom. The molecule has 0 aromatic rings. The molecular weight excluding hydrogens is 240 g/mol. The molecule has 0 aromatic carbocycles. The summed E-state index contributed by atoms with van der Waals surface area (Å²) >= 11 is 0. The van der Waals surface area contributed by atoms with Gasteiger partial charge in [0.2, 0.25) is 0 Å². The molecule has 2 heterocycles. The third kappa shape index (κ3) is 3.11. The first-order valence-electron chi connectivity index (χ1n) is 7.82. The number of rotatable bonds is 6. The number of nitrogens with one attached hydrogen (secondary N) is 1. The van der Waals surface area contributed by atoms with Crippen LogP contribution in [0, 0.1) is 5.41 Å². The Labute approximate surface area is 116 Å². The third-order valence-corrected chi connectivity index (χ3v) is 5.36. The molecule has 0 radical (unpaired) electrons. The van der Waals surface area contributed by atoms with E-state index in [1.165, 1.54) is 38.8 Å². The van der Waals surface area contributed by atoms with E-state index in [1.54, 1.807) is 0 Å². The standard InChI is InChI=1S/C15H28N2O2/c1-3-15(4-2,14(18)19)11-16-12-7-9-17-8-5-6-13(17)10-12/h12-13,16H,3-11H2,1-2H3,(H,18,19). The van der Waals surface area contributed by atoms with Crippen molar-refractivity contribution in [3.63, 3.8) is 0 Å². The SMILES string of the molecule is CCC(CC)(CNC1CCN2CCCC2C1)C(=O)O. The van der Waals surface area contributed by atoms with E-state index in [0.717, 1.165) is 6.04 Å². The summed E-state index contributed by atoms with van der Waals surface area (Å²) in [6.45, 7) is 7.03. The average molecular weight is 268 g/mol. The molecule has 0 bridgehead atoms. The largest absolute Gasteiger partial charge is 0.481 e. The summed E-state index contributed by atoms with van der Waals surface area (Å²) in [5.41, 5.74) is -0.577. The van der Waals surface area contributed by atoms with Gasteiger partial charge in [0.25, 0.3) is 0 Å². The van der Waals surface area contributed by atoms with E-state index >= 15 is 0 Å². The maximum Gasteiger partial charge on any atom is 0.310 e. The molecule has 0 aliphatic carbocycles. The van der Waals surface area contributed by atoms with Gasteiger partial charge >= 0.3 is 5.97 Å². The zero-order valence-corrected chi connectivity index (χ0v) is 12.3. The van der Waals surface area contributed by atoms with Gasteiger partial charge in [-0.3, -0.25) is 4.79 Å². The monoisotopic (exact) mass is 268 g/mol. The van der Waals surface area contributed by atoms with Crippen molar-refractivity contribution in [1.29, 1.82) is 0 Å². The lowest BCUT2D eigenvalue weighted by molar-refractivity contribution is -0.149. The minimum Gasteiger partial charge on any atom is -0.481 e. The molecule has 0 aromatic heterocycles. The summed E-state index contributed by atoms with van der Waals surface area (Å²) in [4.78, 5) is 14.1. The van der Waals surface area contributed by atoms with Crippen molar-refractivity contribution >= 4 is 5.97 Å². The smallest absolute Gasteiger partial charge is 0.310 e. The maximum absolute atomic E-state index is 11.5. The summed E-state index contributed by atoms with van der Waals surface area (Å²) in [5.74, 6) is -0.650. The number of nitrogens with zero attached hydrogens (tertiary/aromatic N) is 1. The van der Waals surface area contributed by atoms with Crippen molar-refractivity contribution < 1.29 is 9.90 Å². The average Bonchev–Trinajstić information content (AvgIpc) is 2.87. The molecule has 4 heteroatoms. The molecule has 2 aliphatic heterocycles. The number of fused-ring (bicyclic) bond motifs is 1. The van der Waals surface area contributed by atoms with Crippen LogP contribution in [-0.4, -0.2) is 47.7 Å². The number of carbonyl (C=O) groups is 1. The molecule has 2 fully saturated rings. The molecule has 2 saturated heterocycles. The second kappa shape index (κ2) is 6.23. The van der Waals surface area contributed by atoms with Gasteiger partial charge in [-0.15, -0.1) is 0 Å². The minimum absolute atomic E-state index is 0.510. The molecule has 2 unspecified atom stereocenters. The second-order valence-electron chi connectivity index (χ2n) is 6.23. The Kier molecular flexibility index (Phi) is 4.85. The van der Waals surface area contributed by atoms with Crippen LogP contribution in [0.2, 0.25) is 0 Å². The molecule has 19 heavy (non-hydrogen) atoms. The number of carboxylic acid groups (broad SMARTS) is 1. The number of aliphatic carboxylic acids is 1. The first kappa shape index (κ1) is 14.8. The van der Waals surface area contributed by atoms with Crippen molar-refractivity contribution in [1.82, 2.24) is 10.2 Å². The predicted octanol–water partition coefficient (Wildman–Crippen LogP) is 2.09. The Balaban J connectivity index is 1.86. The van der Waals surface area contributed by atoms with Crippen LogP contribution in [0.15, 0.2) is 0 Å². The summed E-state index contributed by atoms with van der Waals surface area (Å²) in [5, 5.41) is 13.0. The quantitative estimate of drug-likeness (QED) is 0.774. The van der Waals surface area contributed by atoms with Crippen molar-refractivity contribution in [2.45, 2.75) is 64.5 Å². The minimum atomic E-state index is -0.650. The van der Waals surface area contributed by atoms with E-state index in [2.05, 4.69) is 10.2 Å². The lowest BCUT2D eigenvalue weighted by Crippen LogP contribution is -2.49. The molecule has 2 rings (SSSR count). The molecule has 0 spiro atoms. The number of piperidine rings is 1. The van der Waals surface area contributed by atoms with Crippen molar-refractivity contribution in [2.24, 2.45) is 5.41 Å². The van der Waals surface area contributed by atoms with Crippen LogP contribution >= 0.6 is 0 Å².